The Morgan fingerprint density at radius 3 is 2.03 bits per heavy atom. The number of carbonyl (C=O) groups excluding carboxylic acids is 2. The quantitative estimate of drug-likeness (QED) is 0.769. The molecule has 2 aromatic rings. The van der Waals surface area contributed by atoms with Gasteiger partial charge in [0.1, 0.15) is 0 Å². The van der Waals surface area contributed by atoms with Crippen LogP contribution < -0.4 is 5.32 Å². The van der Waals surface area contributed by atoms with E-state index in [0.717, 1.165) is 17.7 Å². The average Bonchev–Trinajstić information content (AvgIpc) is 2.77. The van der Waals surface area contributed by atoms with E-state index in [1.165, 1.54) is 24.1 Å². The van der Waals surface area contributed by atoms with Crippen molar-refractivity contribution in [2.45, 2.75) is 24.6 Å². The number of likely N-dealkylation sites (N-methyl/N-ethyl adjacent to an activating group) is 1. The van der Waals surface area contributed by atoms with Gasteiger partial charge in [0.2, 0.25) is 0 Å². The van der Waals surface area contributed by atoms with Gasteiger partial charge in [0.15, 0.2) is 6.61 Å². The SMILES string of the molecule is CNC(=O)COC(=O)N1CCC(O)(c2ccc(-c3ccc(C(F)(F)F)cc3)cc2)CC1. The van der Waals surface area contributed by atoms with Crippen LogP contribution in [0.5, 0.6) is 0 Å². The number of benzene rings is 2. The Morgan fingerprint density at radius 1 is 1.03 bits per heavy atom. The van der Waals surface area contributed by atoms with E-state index in [0.29, 0.717) is 24.0 Å². The van der Waals surface area contributed by atoms with E-state index in [-0.39, 0.29) is 19.7 Å². The van der Waals surface area contributed by atoms with Gasteiger partial charge in [-0.1, -0.05) is 36.4 Å². The zero-order chi connectivity index (χ0) is 22.6. The summed E-state index contributed by atoms with van der Waals surface area (Å²) < 4.78 is 43.1. The first kappa shape index (κ1) is 22.6. The monoisotopic (exact) mass is 436 g/mol. The van der Waals surface area contributed by atoms with E-state index >= 15 is 0 Å². The molecule has 0 unspecified atom stereocenters. The van der Waals surface area contributed by atoms with E-state index in [1.807, 2.05) is 0 Å². The molecule has 9 heteroatoms. The van der Waals surface area contributed by atoms with Gasteiger partial charge in [-0.2, -0.15) is 13.2 Å². The molecule has 2 aromatic carbocycles. The highest BCUT2D eigenvalue weighted by molar-refractivity contribution is 5.79. The van der Waals surface area contributed by atoms with Gasteiger partial charge < -0.3 is 20.1 Å². The number of likely N-dealkylation sites (tertiary alicyclic amines) is 1. The van der Waals surface area contributed by atoms with Crippen molar-refractivity contribution in [2.75, 3.05) is 26.7 Å². The van der Waals surface area contributed by atoms with Crippen molar-refractivity contribution in [3.8, 4) is 11.1 Å². The molecule has 1 saturated heterocycles. The number of hydrogen-bond donors (Lipinski definition) is 2. The Labute approximate surface area is 177 Å². The molecule has 1 aliphatic rings. The van der Waals surface area contributed by atoms with Gasteiger partial charge in [-0.25, -0.2) is 4.79 Å². The highest BCUT2D eigenvalue weighted by atomic mass is 19.4. The Bertz CT molecular complexity index is 919. The highest BCUT2D eigenvalue weighted by Crippen LogP contribution is 2.35. The molecule has 0 aromatic heterocycles. The van der Waals surface area contributed by atoms with Crippen molar-refractivity contribution in [3.05, 3.63) is 59.7 Å². The highest BCUT2D eigenvalue weighted by Gasteiger charge is 2.36. The Balaban J connectivity index is 1.62. The van der Waals surface area contributed by atoms with Crippen molar-refractivity contribution < 1.29 is 32.6 Å². The molecular formula is C22H23F3N2O4. The number of piperidine rings is 1. The summed E-state index contributed by atoms with van der Waals surface area (Å²) in [6.45, 7) is 0.176. The zero-order valence-electron chi connectivity index (χ0n) is 16.9. The molecule has 0 aliphatic carbocycles. The molecule has 0 saturated carbocycles. The minimum Gasteiger partial charge on any atom is -0.439 e. The Hall–Kier alpha value is -3.07. The third-order valence-corrected chi connectivity index (χ3v) is 5.42. The van der Waals surface area contributed by atoms with Crippen molar-refractivity contribution in [3.63, 3.8) is 0 Å². The van der Waals surface area contributed by atoms with Crippen LogP contribution in [-0.4, -0.2) is 48.8 Å². The van der Waals surface area contributed by atoms with Crippen molar-refractivity contribution >= 4 is 12.0 Å². The number of nitrogens with zero attached hydrogens (tertiary/aromatic N) is 1. The predicted molar refractivity (Wildman–Crippen MR) is 107 cm³/mol. The van der Waals surface area contributed by atoms with E-state index < -0.39 is 29.3 Å². The fourth-order valence-corrected chi connectivity index (χ4v) is 3.46. The number of hydrogen-bond acceptors (Lipinski definition) is 4. The smallest absolute Gasteiger partial charge is 0.416 e. The fourth-order valence-electron chi connectivity index (χ4n) is 3.46. The number of amides is 2. The second kappa shape index (κ2) is 8.97. The third-order valence-electron chi connectivity index (χ3n) is 5.42. The number of aliphatic hydroxyl groups is 1. The predicted octanol–water partition coefficient (Wildman–Crippen LogP) is 3.54. The second-order valence-corrected chi connectivity index (χ2v) is 7.40. The molecule has 2 amide bonds. The number of rotatable bonds is 4. The maximum absolute atomic E-state index is 12.7. The van der Waals surface area contributed by atoms with Crippen molar-refractivity contribution in [1.82, 2.24) is 10.2 Å². The lowest BCUT2D eigenvalue weighted by Crippen LogP contribution is -2.45. The van der Waals surface area contributed by atoms with Crippen LogP contribution in [0.1, 0.15) is 24.0 Å². The molecule has 31 heavy (non-hydrogen) atoms. The van der Waals surface area contributed by atoms with Crippen molar-refractivity contribution in [2.24, 2.45) is 0 Å². The van der Waals surface area contributed by atoms with Crippen LogP contribution in [0, 0.1) is 0 Å². The number of halogens is 3. The third kappa shape index (κ3) is 5.35. The van der Waals surface area contributed by atoms with Gasteiger partial charge in [-0.05, 0) is 41.7 Å². The number of carbonyl (C=O) groups is 2. The maximum Gasteiger partial charge on any atom is 0.416 e. The summed E-state index contributed by atoms with van der Waals surface area (Å²) in [7, 11) is 1.44. The lowest BCUT2D eigenvalue weighted by atomic mass is 9.84. The lowest BCUT2D eigenvalue weighted by molar-refractivity contribution is -0.137. The first-order chi connectivity index (χ1) is 14.6. The van der Waals surface area contributed by atoms with E-state index in [9.17, 15) is 27.9 Å². The molecule has 6 nitrogen and oxygen atoms in total. The van der Waals surface area contributed by atoms with Crippen molar-refractivity contribution in [1.29, 1.82) is 0 Å². The minimum atomic E-state index is -4.38. The first-order valence-electron chi connectivity index (χ1n) is 9.75. The van der Waals surface area contributed by atoms with Crippen LogP contribution in [-0.2, 0) is 21.3 Å². The number of nitrogens with one attached hydrogen (secondary N) is 1. The number of ether oxygens (including phenoxy) is 1. The van der Waals surface area contributed by atoms with Crippen LogP contribution in [0.25, 0.3) is 11.1 Å². The van der Waals surface area contributed by atoms with Gasteiger partial charge in [-0.15, -0.1) is 0 Å². The summed E-state index contributed by atoms with van der Waals surface area (Å²) in [6, 6.07) is 11.9. The zero-order valence-corrected chi connectivity index (χ0v) is 16.9. The summed E-state index contributed by atoms with van der Waals surface area (Å²) in [5.41, 5.74) is 0.205. The van der Waals surface area contributed by atoms with Crippen LogP contribution in [0.3, 0.4) is 0 Å². The molecule has 2 N–H and O–H groups in total. The van der Waals surface area contributed by atoms with Gasteiger partial charge in [0.05, 0.1) is 11.2 Å². The van der Waals surface area contributed by atoms with E-state index in [4.69, 9.17) is 4.74 Å². The number of alkyl halides is 3. The molecule has 1 heterocycles. The maximum atomic E-state index is 12.7. The minimum absolute atomic E-state index is 0.268. The molecule has 0 radical (unpaired) electrons. The fraction of sp³-hybridized carbons (Fsp3) is 0.364. The summed E-state index contributed by atoms with van der Waals surface area (Å²) in [4.78, 5) is 24.6. The van der Waals surface area contributed by atoms with Crippen LogP contribution in [0.4, 0.5) is 18.0 Å². The summed E-state index contributed by atoms with van der Waals surface area (Å²) in [6.07, 6.45) is -4.40. The van der Waals surface area contributed by atoms with Gasteiger partial charge in [-0.3, -0.25) is 4.79 Å². The van der Waals surface area contributed by atoms with Gasteiger partial charge in [0.25, 0.3) is 5.91 Å². The molecule has 166 valence electrons. The molecule has 0 bridgehead atoms. The van der Waals surface area contributed by atoms with Gasteiger partial charge in [0, 0.05) is 20.1 Å². The summed E-state index contributed by atoms with van der Waals surface area (Å²) >= 11 is 0. The van der Waals surface area contributed by atoms with E-state index in [2.05, 4.69) is 5.32 Å². The Morgan fingerprint density at radius 2 is 1.55 bits per heavy atom. The van der Waals surface area contributed by atoms with Crippen LogP contribution in [0.15, 0.2) is 48.5 Å². The molecule has 0 spiro atoms. The molecule has 1 aliphatic heterocycles. The molecule has 1 fully saturated rings. The lowest BCUT2D eigenvalue weighted by Gasteiger charge is -2.38. The summed E-state index contributed by atoms with van der Waals surface area (Å²) in [5.74, 6) is -0.407. The normalized spacial score (nSPS) is 16.0. The van der Waals surface area contributed by atoms with Crippen LogP contribution >= 0.6 is 0 Å². The van der Waals surface area contributed by atoms with Crippen LogP contribution in [0.2, 0.25) is 0 Å². The second-order valence-electron chi connectivity index (χ2n) is 7.40. The largest absolute Gasteiger partial charge is 0.439 e. The molecule has 3 rings (SSSR count). The average molecular weight is 436 g/mol. The molecule has 0 atom stereocenters. The summed E-state index contributed by atoms with van der Waals surface area (Å²) in [5, 5.41) is 13.4. The van der Waals surface area contributed by atoms with E-state index in [1.54, 1.807) is 24.3 Å². The standard InChI is InChI=1S/C22H23F3N2O4/c1-26-19(28)14-31-20(29)27-12-10-21(30,11-13-27)17-6-2-15(3-7-17)16-4-8-18(9-5-16)22(23,24)25/h2-9,30H,10-14H2,1H3,(H,26,28). The molecular weight excluding hydrogens is 413 g/mol. The Kier molecular flexibility index (Phi) is 6.54. The van der Waals surface area contributed by atoms with Gasteiger partial charge >= 0.3 is 12.3 Å². The first-order valence-corrected chi connectivity index (χ1v) is 9.75. The topological polar surface area (TPSA) is 78.9 Å².